The van der Waals surface area contributed by atoms with Crippen molar-refractivity contribution in [3.05, 3.63) is 0 Å². The van der Waals surface area contributed by atoms with Crippen molar-refractivity contribution in [2.24, 2.45) is 22.5 Å². The zero-order valence-electron chi connectivity index (χ0n) is 7.79. The summed E-state index contributed by atoms with van der Waals surface area (Å²) >= 11 is 0. The molecule has 2 aliphatic rings. The lowest BCUT2D eigenvalue weighted by Gasteiger charge is -2.09. The molecule has 0 aromatic heterocycles. The van der Waals surface area contributed by atoms with E-state index in [1.807, 2.05) is 6.07 Å². The highest BCUT2D eigenvalue weighted by atomic mass is 16.1. The highest BCUT2D eigenvalue weighted by Crippen LogP contribution is 2.75. The Hall–Kier alpha value is -1.55. The maximum atomic E-state index is 11.3. The van der Waals surface area contributed by atoms with Crippen LogP contribution in [0.5, 0.6) is 0 Å². The van der Waals surface area contributed by atoms with Crippen molar-refractivity contribution < 1.29 is 4.79 Å². The lowest BCUT2D eigenvalue weighted by molar-refractivity contribution is -0.122. The van der Waals surface area contributed by atoms with Gasteiger partial charge in [-0.3, -0.25) is 4.79 Å². The molecule has 72 valence electrons. The number of primary amides is 1. The van der Waals surface area contributed by atoms with E-state index in [1.165, 1.54) is 0 Å². The van der Waals surface area contributed by atoms with Gasteiger partial charge in [0.05, 0.1) is 18.1 Å². The van der Waals surface area contributed by atoms with E-state index < -0.39 is 22.7 Å². The molecule has 2 fully saturated rings. The van der Waals surface area contributed by atoms with E-state index in [0.717, 1.165) is 25.7 Å². The third-order valence-corrected chi connectivity index (χ3v) is 3.88. The summed E-state index contributed by atoms with van der Waals surface area (Å²) in [6.45, 7) is 0. The maximum Gasteiger partial charge on any atom is 0.239 e. The van der Waals surface area contributed by atoms with Crippen LogP contribution in [-0.4, -0.2) is 5.91 Å². The fourth-order valence-electron chi connectivity index (χ4n) is 3.12. The smallest absolute Gasteiger partial charge is 0.239 e. The molecular weight excluding hydrogens is 178 g/mol. The summed E-state index contributed by atoms with van der Waals surface area (Å²) in [5.74, 6) is -1.09. The SMILES string of the molecule is N#C[C@@H]1C2(CCCC2)[C@]1(C#N)C(N)=O. The fourth-order valence-corrected chi connectivity index (χ4v) is 3.12. The molecule has 1 spiro atoms. The second-order valence-corrected chi connectivity index (χ2v) is 4.21. The van der Waals surface area contributed by atoms with Crippen molar-refractivity contribution in [3.8, 4) is 12.1 Å². The van der Waals surface area contributed by atoms with E-state index in [0.29, 0.717) is 0 Å². The van der Waals surface area contributed by atoms with Crippen LogP contribution in [0.2, 0.25) is 0 Å². The Morgan fingerprint density at radius 2 is 1.93 bits per heavy atom. The Labute approximate surface area is 82.3 Å². The Balaban J connectivity index is 2.44. The lowest BCUT2D eigenvalue weighted by atomic mass is 9.92. The Kier molecular flexibility index (Phi) is 1.60. The van der Waals surface area contributed by atoms with Gasteiger partial charge in [0.1, 0.15) is 0 Å². The number of nitriles is 2. The van der Waals surface area contributed by atoms with Crippen molar-refractivity contribution in [3.63, 3.8) is 0 Å². The molecule has 0 unspecified atom stereocenters. The van der Waals surface area contributed by atoms with Gasteiger partial charge in [0.25, 0.3) is 0 Å². The highest BCUT2D eigenvalue weighted by Gasteiger charge is 2.81. The molecule has 0 aliphatic heterocycles. The summed E-state index contributed by atoms with van der Waals surface area (Å²) < 4.78 is 0. The summed E-state index contributed by atoms with van der Waals surface area (Å²) in [5, 5.41) is 18.0. The summed E-state index contributed by atoms with van der Waals surface area (Å²) in [5.41, 5.74) is 3.67. The molecule has 2 aliphatic carbocycles. The molecule has 0 aromatic carbocycles. The monoisotopic (exact) mass is 189 g/mol. The predicted octanol–water partition coefficient (Wildman–Crippen LogP) is 0.695. The van der Waals surface area contributed by atoms with Gasteiger partial charge in [0.2, 0.25) is 5.91 Å². The van der Waals surface area contributed by atoms with Gasteiger partial charge in [0.15, 0.2) is 5.41 Å². The van der Waals surface area contributed by atoms with Crippen LogP contribution in [-0.2, 0) is 4.79 Å². The van der Waals surface area contributed by atoms with Gasteiger partial charge in [-0.1, -0.05) is 12.8 Å². The Bertz CT molecular complexity index is 370. The van der Waals surface area contributed by atoms with E-state index >= 15 is 0 Å². The zero-order chi connectivity index (χ0) is 10.4. The normalized spacial score (nSPS) is 37.4. The standard InChI is InChI=1S/C10H11N3O/c11-5-7-9(3-1-2-4-9)10(7,6-12)8(13)14/h7H,1-4H2,(H2,13,14)/t7-,10+/m1/s1. The molecule has 4 heteroatoms. The van der Waals surface area contributed by atoms with Crippen LogP contribution in [0.4, 0.5) is 0 Å². The van der Waals surface area contributed by atoms with Crippen molar-refractivity contribution in [2.45, 2.75) is 25.7 Å². The highest BCUT2D eigenvalue weighted by molar-refractivity contribution is 5.90. The number of nitrogens with two attached hydrogens (primary N) is 1. The number of nitrogens with zero attached hydrogens (tertiary/aromatic N) is 2. The van der Waals surface area contributed by atoms with Crippen molar-refractivity contribution in [1.82, 2.24) is 0 Å². The second-order valence-electron chi connectivity index (χ2n) is 4.21. The summed E-state index contributed by atoms with van der Waals surface area (Å²) in [6, 6.07) is 4.06. The molecule has 2 rings (SSSR count). The van der Waals surface area contributed by atoms with Gasteiger partial charge in [-0.2, -0.15) is 10.5 Å². The van der Waals surface area contributed by atoms with E-state index in [2.05, 4.69) is 6.07 Å². The molecule has 0 radical (unpaired) electrons. The van der Waals surface area contributed by atoms with Crippen LogP contribution < -0.4 is 5.73 Å². The largest absolute Gasteiger partial charge is 0.368 e. The van der Waals surface area contributed by atoms with E-state index in [-0.39, 0.29) is 0 Å². The lowest BCUT2D eigenvalue weighted by Crippen LogP contribution is -2.28. The predicted molar refractivity (Wildman–Crippen MR) is 47.2 cm³/mol. The van der Waals surface area contributed by atoms with Gasteiger partial charge in [-0.15, -0.1) is 0 Å². The van der Waals surface area contributed by atoms with Gasteiger partial charge in [-0.05, 0) is 12.8 Å². The summed E-state index contributed by atoms with van der Waals surface area (Å²) in [4.78, 5) is 11.3. The molecular formula is C10H11N3O. The zero-order valence-corrected chi connectivity index (χ0v) is 7.79. The molecule has 0 aromatic rings. The van der Waals surface area contributed by atoms with Gasteiger partial charge >= 0.3 is 0 Å². The Morgan fingerprint density at radius 1 is 1.36 bits per heavy atom. The van der Waals surface area contributed by atoms with E-state index in [9.17, 15) is 4.79 Å². The van der Waals surface area contributed by atoms with Crippen LogP contribution in [0.3, 0.4) is 0 Å². The minimum Gasteiger partial charge on any atom is -0.368 e. The molecule has 1 amide bonds. The van der Waals surface area contributed by atoms with Crippen LogP contribution in [0.1, 0.15) is 25.7 Å². The van der Waals surface area contributed by atoms with Crippen LogP contribution in [0.15, 0.2) is 0 Å². The first-order valence-corrected chi connectivity index (χ1v) is 4.76. The van der Waals surface area contributed by atoms with Gasteiger partial charge in [-0.25, -0.2) is 0 Å². The average molecular weight is 189 g/mol. The van der Waals surface area contributed by atoms with Crippen molar-refractivity contribution >= 4 is 5.91 Å². The van der Waals surface area contributed by atoms with Gasteiger partial charge in [0, 0.05) is 5.41 Å². The number of carbonyl (C=O) groups excluding carboxylic acids is 1. The number of carbonyl (C=O) groups is 1. The fraction of sp³-hybridized carbons (Fsp3) is 0.700. The van der Waals surface area contributed by atoms with E-state index in [4.69, 9.17) is 16.3 Å². The molecule has 4 nitrogen and oxygen atoms in total. The summed E-state index contributed by atoms with van der Waals surface area (Å²) in [6.07, 6.45) is 3.58. The topological polar surface area (TPSA) is 90.7 Å². The first-order chi connectivity index (χ1) is 6.65. The van der Waals surface area contributed by atoms with Gasteiger partial charge < -0.3 is 5.73 Å². The first kappa shape index (κ1) is 9.02. The number of rotatable bonds is 1. The molecule has 2 atom stereocenters. The Morgan fingerprint density at radius 3 is 2.21 bits per heavy atom. The maximum absolute atomic E-state index is 11.3. The molecule has 0 saturated heterocycles. The molecule has 2 N–H and O–H groups in total. The summed E-state index contributed by atoms with van der Waals surface area (Å²) in [7, 11) is 0. The number of hydrogen-bond donors (Lipinski definition) is 1. The molecule has 0 bridgehead atoms. The van der Waals surface area contributed by atoms with Crippen molar-refractivity contribution in [2.75, 3.05) is 0 Å². The third-order valence-electron chi connectivity index (χ3n) is 3.88. The quantitative estimate of drug-likeness (QED) is 0.658. The average Bonchev–Trinajstić information content (AvgIpc) is 2.46. The molecule has 14 heavy (non-hydrogen) atoms. The third kappa shape index (κ3) is 0.665. The van der Waals surface area contributed by atoms with Crippen LogP contribution >= 0.6 is 0 Å². The first-order valence-electron chi connectivity index (χ1n) is 4.76. The number of hydrogen-bond acceptors (Lipinski definition) is 3. The molecule has 0 heterocycles. The minimum absolute atomic E-state index is 0.400. The van der Waals surface area contributed by atoms with Crippen LogP contribution in [0, 0.1) is 39.4 Å². The van der Waals surface area contributed by atoms with E-state index in [1.54, 1.807) is 0 Å². The minimum atomic E-state index is -1.18. The number of amides is 1. The van der Waals surface area contributed by atoms with Crippen LogP contribution in [0.25, 0.3) is 0 Å². The molecule has 2 saturated carbocycles. The second kappa shape index (κ2) is 2.48. The van der Waals surface area contributed by atoms with Crippen molar-refractivity contribution in [1.29, 1.82) is 10.5 Å².